The maximum atomic E-state index is 9.39. The van der Waals surface area contributed by atoms with Crippen molar-refractivity contribution in [2.24, 2.45) is 0 Å². The van der Waals surface area contributed by atoms with E-state index >= 15 is 0 Å². The highest BCUT2D eigenvalue weighted by molar-refractivity contribution is 5.20. The molecule has 2 aromatic carbocycles. The van der Waals surface area contributed by atoms with Crippen LogP contribution in [-0.2, 0) is 6.54 Å². The monoisotopic (exact) mass is 227 g/mol. The number of hydrogen-bond donors (Lipinski definition) is 2. The largest absolute Gasteiger partial charge is 0.394 e. The van der Waals surface area contributed by atoms with Gasteiger partial charge in [0, 0.05) is 6.54 Å². The highest BCUT2D eigenvalue weighted by Gasteiger charge is 2.08. The van der Waals surface area contributed by atoms with E-state index in [1.165, 1.54) is 5.56 Å². The zero-order chi connectivity index (χ0) is 11.9. The molecule has 0 amide bonds. The van der Waals surface area contributed by atoms with Gasteiger partial charge in [-0.05, 0) is 11.1 Å². The molecule has 0 saturated heterocycles. The van der Waals surface area contributed by atoms with Crippen LogP contribution < -0.4 is 5.32 Å². The minimum Gasteiger partial charge on any atom is -0.394 e. The second-order valence-electron chi connectivity index (χ2n) is 4.01. The third-order valence-corrected chi connectivity index (χ3v) is 2.78. The molecule has 2 N–H and O–H groups in total. The van der Waals surface area contributed by atoms with Crippen molar-refractivity contribution in [2.45, 2.75) is 12.6 Å². The Labute approximate surface area is 102 Å². The molecule has 2 aromatic rings. The molecule has 0 aliphatic carbocycles. The summed E-state index contributed by atoms with van der Waals surface area (Å²) >= 11 is 0. The molecule has 2 rings (SSSR count). The van der Waals surface area contributed by atoms with E-state index in [0.717, 1.165) is 12.1 Å². The van der Waals surface area contributed by atoms with Crippen molar-refractivity contribution in [3.05, 3.63) is 71.8 Å². The van der Waals surface area contributed by atoms with Gasteiger partial charge in [-0.25, -0.2) is 0 Å². The summed E-state index contributed by atoms with van der Waals surface area (Å²) in [5, 5.41) is 12.7. The molecule has 0 aliphatic heterocycles. The second-order valence-corrected chi connectivity index (χ2v) is 4.01. The van der Waals surface area contributed by atoms with E-state index in [4.69, 9.17) is 0 Å². The van der Waals surface area contributed by atoms with Gasteiger partial charge >= 0.3 is 0 Å². The van der Waals surface area contributed by atoms with Crippen molar-refractivity contribution >= 4 is 0 Å². The normalized spacial score (nSPS) is 12.3. The van der Waals surface area contributed by atoms with Gasteiger partial charge in [-0.15, -0.1) is 0 Å². The van der Waals surface area contributed by atoms with Crippen LogP contribution >= 0.6 is 0 Å². The van der Waals surface area contributed by atoms with E-state index in [1.54, 1.807) is 0 Å². The molecule has 88 valence electrons. The molecule has 0 aromatic heterocycles. The molecule has 0 saturated carbocycles. The summed E-state index contributed by atoms with van der Waals surface area (Å²) in [5.74, 6) is 0. The van der Waals surface area contributed by atoms with E-state index in [2.05, 4.69) is 17.4 Å². The highest BCUT2D eigenvalue weighted by atomic mass is 16.3. The van der Waals surface area contributed by atoms with Gasteiger partial charge in [0.05, 0.1) is 12.6 Å². The zero-order valence-corrected chi connectivity index (χ0v) is 9.71. The first-order chi connectivity index (χ1) is 8.40. The van der Waals surface area contributed by atoms with Crippen molar-refractivity contribution in [1.29, 1.82) is 0 Å². The van der Waals surface area contributed by atoms with Crippen molar-refractivity contribution in [3.63, 3.8) is 0 Å². The molecule has 0 heterocycles. The third kappa shape index (κ3) is 3.41. The zero-order valence-electron chi connectivity index (χ0n) is 9.71. The molecule has 2 nitrogen and oxygen atoms in total. The summed E-state index contributed by atoms with van der Waals surface area (Å²) in [6, 6.07) is 20.2. The fourth-order valence-corrected chi connectivity index (χ4v) is 1.81. The van der Waals surface area contributed by atoms with Gasteiger partial charge in [0.2, 0.25) is 0 Å². The summed E-state index contributed by atoms with van der Waals surface area (Å²) in [6.07, 6.45) is 0. The van der Waals surface area contributed by atoms with Gasteiger partial charge in [0.25, 0.3) is 0 Å². The van der Waals surface area contributed by atoms with E-state index < -0.39 is 0 Å². The average Bonchev–Trinajstić information content (AvgIpc) is 2.42. The van der Waals surface area contributed by atoms with E-state index in [-0.39, 0.29) is 12.6 Å². The van der Waals surface area contributed by atoms with Crippen LogP contribution in [0.5, 0.6) is 0 Å². The predicted octanol–water partition coefficient (Wildman–Crippen LogP) is 2.51. The Morgan fingerprint density at radius 1 is 0.882 bits per heavy atom. The summed E-state index contributed by atoms with van der Waals surface area (Å²) in [5.41, 5.74) is 2.34. The van der Waals surface area contributed by atoms with Gasteiger partial charge in [-0.2, -0.15) is 0 Å². The quantitative estimate of drug-likeness (QED) is 0.822. The number of aliphatic hydroxyl groups excluding tert-OH is 1. The van der Waals surface area contributed by atoms with Crippen LogP contribution in [0.25, 0.3) is 0 Å². The average molecular weight is 227 g/mol. The smallest absolute Gasteiger partial charge is 0.0626 e. The maximum Gasteiger partial charge on any atom is 0.0626 e. The molecule has 0 spiro atoms. The number of hydrogen-bond acceptors (Lipinski definition) is 2. The Morgan fingerprint density at radius 2 is 1.47 bits per heavy atom. The lowest BCUT2D eigenvalue weighted by molar-refractivity contribution is 0.243. The number of aliphatic hydroxyl groups is 1. The molecular formula is C15H17NO. The summed E-state index contributed by atoms with van der Waals surface area (Å²) in [7, 11) is 0. The molecule has 0 aliphatic rings. The molecular weight excluding hydrogens is 210 g/mol. The van der Waals surface area contributed by atoms with E-state index in [9.17, 15) is 5.11 Å². The van der Waals surface area contributed by atoms with Crippen LogP contribution in [0.3, 0.4) is 0 Å². The number of rotatable bonds is 5. The van der Waals surface area contributed by atoms with Crippen molar-refractivity contribution in [3.8, 4) is 0 Å². The Balaban J connectivity index is 1.97. The van der Waals surface area contributed by atoms with Gasteiger partial charge in [0.15, 0.2) is 0 Å². The van der Waals surface area contributed by atoms with Gasteiger partial charge < -0.3 is 10.4 Å². The first-order valence-corrected chi connectivity index (χ1v) is 5.83. The Kier molecular flexibility index (Phi) is 4.30. The lowest BCUT2D eigenvalue weighted by Crippen LogP contribution is -2.23. The summed E-state index contributed by atoms with van der Waals surface area (Å²) in [6.45, 7) is 0.873. The molecule has 0 fully saturated rings. The van der Waals surface area contributed by atoms with Crippen molar-refractivity contribution in [2.75, 3.05) is 6.61 Å². The standard InChI is InChI=1S/C15H17NO/c17-12-15(14-9-5-2-6-10-14)16-11-13-7-3-1-4-8-13/h1-10,15-17H,11-12H2/t15-/m0/s1. The minimum absolute atomic E-state index is 0.00333. The Bertz CT molecular complexity index is 427. The minimum atomic E-state index is -0.00333. The van der Waals surface area contributed by atoms with Crippen LogP contribution in [0, 0.1) is 0 Å². The fraction of sp³-hybridized carbons (Fsp3) is 0.200. The van der Waals surface area contributed by atoms with Crippen molar-refractivity contribution in [1.82, 2.24) is 5.32 Å². The van der Waals surface area contributed by atoms with Crippen LogP contribution in [0.1, 0.15) is 17.2 Å². The number of nitrogens with one attached hydrogen (secondary N) is 1. The molecule has 1 atom stereocenters. The first kappa shape index (κ1) is 11.8. The predicted molar refractivity (Wildman–Crippen MR) is 69.6 cm³/mol. The number of benzene rings is 2. The van der Waals surface area contributed by atoms with Crippen molar-refractivity contribution < 1.29 is 5.11 Å². The highest BCUT2D eigenvalue weighted by Crippen LogP contribution is 2.12. The second kappa shape index (κ2) is 6.18. The Hall–Kier alpha value is -1.64. The molecule has 0 radical (unpaired) electrons. The lowest BCUT2D eigenvalue weighted by Gasteiger charge is -2.16. The van der Waals surface area contributed by atoms with Gasteiger partial charge in [0.1, 0.15) is 0 Å². The molecule has 0 unspecified atom stereocenters. The Morgan fingerprint density at radius 3 is 2.06 bits per heavy atom. The fourth-order valence-electron chi connectivity index (χ4n) is 1.81. The molecule has 17 heavy (non-hydrogen) atoms. The van der Waals surface area contributed by atoms with Crippen LogP contribution in [0.4, 0.5) is 0 Å². The lowest BCUT2D eigenvalue weighted by atomic mass is 10.1. The van der Waals surface area contributed by atoms with Crippen LogP contribution in [-0.4, -0.2) is 11.7 Å². The van der Waals surface area contributed by atoms with Gasteiger partial charge in [-0.3, -0.25) is 0 Å². The SMILES string of the molecule is OC[C@H](NCc1ccccc1)c1ccccc1. The third-order valence-electron chi connectivity index (χ3n) is 2.78. The van der Waals surface area contributed by atoms with Crippen LogP contribution in [0.2, 0.25) is 0 Å². The van der Waals surface area contributed by atoms with Gasteiger partial charge in [-0.1, -0.05) is 60.7 Å². The van der Waals surface area contributed by atoms with E-state index in [1.807, 2.05) is 48.5 Å². The summed E-state index contributed by atoms with van der Waals surface area (Å²) < 4.78 is 0. The van der Waals surface area contributed by atoms with E-state index in [0.29, 0.717) is 0 Å². The summed E-state index contributed by atoms with van der Waals surface area (Å²) in [4.78, 5) is 0. The molecule has 2 heteroatoms. The topological polar surface area (TPSA) is 32.3 Å². The van der Waals surface area contributed by atoms with Crippen LogP contribution in [0.15, 0.2) is 60.7 Å². The molecule has 0 bridgehead atoms. The first-order valence-electron chi connectivity index (χ1n) is 5.83. The maximum absolute atomic E-state index is 9.39.